The number of nitrogens with one attached hydrogen (secondary N) is 1. The second kappa shape index (κ2) is 11.6. The number of fused-ring (bicyclic) bond motifs is 1. The summed E-state index contributed by atoms with van der Waals surface area (Å²) in [6, 6.07) is 15.9. The molecule has 0 spiro atoms. The Morgan fingerprint density at radius 2 is 1.69 bits per heavy atom. The van der Waals surface area contributed by atoms with Crippen molar-refractivity contribution >= 4 is 67.1 Å². The number of hydrogen-bond donors (Lipinski definition) is 3. The minimum atomic E-state index is -4.70. The van der Waals surface area contributed by atoms with Crippen LogP contribution in [0.4, 0.5) is 17.1 Å². The standard InChI is InChI=1S/C27H23Cl2N3O6S/c1-3-15-12-20(29)24(22(13-15)39(35,36)37)32-31-23-17-9-6-5-8-16(17)14-18(25(23)33)27(34)30-21-11-7-10-19(28)26(21)38-4-2/h5-14,33H,3-4H2,1-2H3,(H,30,34)(H,35,36,37). The summed E-state index contributed by atoms with van der Waals surface area (Å²) in [5, 5.41) is 23.1. The molecule has 0 aliphatic heterocycles. The Morgan fingerprint density at radius 1 is 0.974 bits per heavy atom. The summed E-state index contributed by atoms with van der Waals surface area (Å²) in [5.41, 5.74) is 0.311. The maximum absolute atomic E-state index is 13.3. The van der Waals surface area contributed by atoms with Gasteiger partial charge in [0.2, 0.25) is 0 Å². The van der Waals surface area contributed by atoms with Crippen molar-refractivity contribution in [1.29, 1.82) is 0 Å². The van der Waals surface area contributed by atoms with E-state index in [1.165, 1.54) is 18.2 Å². The van der Waals surface area contributed by atoms with Gasteiger partial charge >= 0.3 is 0 Å². The number of rotatable bonds is 8. The van der Waals surface area contributed by atoms with E-state index >= 15 is 0 Å². The largest absolute Gasteiger partial charge is 0.505 e. The fraction of sp³-hybridized carbons (Fsp3) is 0.148. The number of phenols is 1. The van der Waals surface area contributed by atoms with Gasteiger partial charge in [-0.25, -0.2) is 0 Å². The Bertz CT molecular complexity index is 1720. The van der Waals surface area contributed by atoms with E-state index in [4.69, 9.17) is 27.9 Å². The van der Waals surface area contributed by atoms with E-state index in [0.717, 1.165) is 0 Å². The van der Waals surface area contributed by atoms with E-state index in [1.54, 1.807) is 56.3 Å². The van der Waals surface area contributed by atoms with Crippen LogP contribution in [0, 0.1) is 0 Å². The van der Waals surface area contributed by atoms with E-state index in [1.807, 2.05) is 0 Å². The molecule has 0 radical (unpaired) electrons. The first-order valence-electron chi connectivity index (χ1n) is 11.7. The highest BCUT2D eigenvalue weighted by Gasteiger charge is 2.22. The van der Waals surface area contributed by atoms with Crippen molar-refractivity contribution in [3.05, 3.63) is 81.8 Å². The van der Waals surface area contributed by atoms with Crippen molar-refractivity contribution < 1.29 is 27.6 Å². The summed E-state index contributed by atoms with van der Waals surface area (Å²) in [6.45, 7) is 3.88. The van der Waals surface area contributed by atoms with Gasteiger partial charge in [0.1, 0.15) is 16.3 Å². The van der Waals surface area contributed by atoms with Crippen LogP contribution >= 0.6 is 23.2 Å². The zero-order chi connectivity index (χ0) is 28.3. The molecule has 4 rings (SSSR count). The van der Waals surface area contributed by atoms with Gasteiger partial charge in [-0.15, -0.1) is 10.2 Å². The molecule has 0 aliphatic rings. The van der Waals surface area contributed by atoms with Crippen molar-refractivity contribution in [3.63, 3.8) is 0 Å². The smallest absolute Gasteiger partial charge is 0.296 e. The number of phenolic OH excluding ortho intramolecular Hbond substituents is 1. The third-order valence-electron chi connectivity index (χ3n) is 5.77. The molecular weight excluding hydrogens is 565 g/mol. The topological polar surface area (TPSA) is 138 Å². The summed E-state index contributed by atoms with van der Waals surface area (Å²) in [6.07, 6.45) is 0.458. The molecule has 12 heteroatoms. The molecule has 39 heavy (non-hydrogen) atoms. The van der Waals surface area contributed by atoms with E-state index in [0.29, 0.717) is 40.1 Å². The molecule has 1 amide bonds. The minimum Gasteiger partial charge on any atom is -0.505 e. The molecule has 0 saturated carbocycles. The van der Waals surface area contributed by atoms with Crippen LogP contribution in [0.25, 0.3) is 10.8 Å². The predicted molar refractivity (Wildman–Crippen MR) is 151 cm³/mol. The quantitative estimate of drug-likeness (QED) is 0.142. The Morgan fingerprint density at radius 3 is 2.38 bits per heavy atom. The van der Waals surface area contributed by atoms with Crippen molar-refractivity contribution in [2.24, 2.45) is 10.2 Å². The Balaban J connectivity index is 1.85. The molecule has 0 atom stereocenters. The number of hydrogen-bond acceptors (Lipinski definition) is 7. The molecule has 0 aromatic heterocycles. The third kappa shape index (κ3) is 5.99. The SMILES string of the molecule is CCOc1c(Cl)cccc1NC(=O)c1cc2ccccc2c(N=Nc2c(Cl)cc(CC)cc2S(=O)(=O)O)c1O. The highest BCUT2D eigenvalue weighted by Crippen LogP contribution is 2.42. The Labute approximate surface area is 234 Å². The zero-order valence-corrected chi connectivity index (χ0v) is 23.1. The van der Waals surface area contributed by atoms with Crippen LogP contribution in [0.5, 0.6) is 11.5 Å². The maximum Gasteiger partial charge on any atom is 0.296 e. The Kier molecular flexibility index (Phi) is 8.41. The van der Waals surface area contributed by atoms with Gasteiger partial charge in [-0.3, -0.25) is 9.35 Å². The summed E-state index contributed by atoms with van der Waals surface area (Å²) in [7, 11) is -4.70. The van der Waals surface area contributed by atoms with Crippen LogP contribution in [0.2, 0.25) is 10.0 Å². The molecular formula is C27H23Cl2N3O6S. The van der Waals surface area contributed by atoms with Gasteiger partial charge in [0.05, 0.1) is 27.9 Å². The lowest BCUT2D eigenvalue weighted by Crippen LogP contribution is -2.13. The highest BCUT2D eigenvalue weighted by atomic mass is 35.5. The first-order chi connectivity index (χ1) is 18.5. The maximum atomic E-state index is 13.3. The van der Waals surface area contributed by atoms with E-state index in [2.05, 4.69) is 15.5 Å². The first-order valence-corrected chi connectivity index (χ1v) is 13.9. The van der Waals surface area contributed by atoms with Crippen LogP contribution in [0.3, 0.4) is 0 Å². The number of ether oxygens (including phenoxy) is 1. The van der Waals surface area contributed by atoms with E-state index in [9.17, 15) is 22.9 Å². The van der Waals surface area contributed by atoms with Crippen molar-refractivity contribution in [2.45, 2.75) is 25.2 Å². The summed E-state index contributed by atoms with van der Waals surface area (Å²) < 4.78 is 39.4. The molecule has 202 valence electrons. The number of anilines is 1. The molecule has 3 N–H and O–H groups in total. The molecule has 0 saturated heterocycles. The number of azo groups is 1. The predicted octanol–water partition coefficient (Wildman–Crippen LogP) is 7.73. The van der Waals surface area contributed by atoms with E-state index < -0.39 is 26.7 Å². The normalized spacial score (nSPS) is 11.7. The fourth-order valence-corrected chi connectivity index (χ4v) is 5.17. The molecule has 0 heterocycles. The molecule has 0 aliphatic carbocycles. The summed E-state index contributed by atoms with van der Waals surface area (Å²) >= 11 is 12.5. The lowest BCUT2D eigenvalue weighted by atomic mass is 10.0. The number of nitrogens with zero attached hydrogens (tertiary/aromatic N) is 2. The van der Waals surface area contributed by atoms with Crippen molar-refractivity contribution in [1.82, 2.24) is 0 Å². The number of aromatic hydroxyl groups is 1. The second-order valence-electron chi connectivity index (χ2n) is 8.30. The second-order valence-corrected chi connectivity index (χ2v) is 10.5. The number of halogens is 2. The summed E-state index contributed by atoms with van der Waals surface area (Å²) in [5.74, 6) is -0.912. The van der Waals surface area contributed by atoms with Crippen LogP contribution in [-0.4, -0.2) is 30.6 Å². The monoisotopic (exact) mass is 587 g/mol. The van der Waals surface area contributed by atoms with Gasteiger partial charge in [0.15, 0.2) is 11.5 Å². The third-order valence-corrected chi connectivity index (χ3v) is 7.22. The average molecular weight is 588 g/mol. The van der Waals surface area contributed by atoms with E-state index in [-0.39, 0.29) is 27.7 Å². The minimum absolute atomic E-state index is 0.0622. The van der Waals surface area contributed by atoms with Gasteiger partial charge < -0.3 is 15.2 Å². The van der Waals surface area contributed by atoms with Gasteiger partial charge in [-0.2, -0.15) is 8.42 Å². The lowest BCUT2D eigenvalue weighted by molar-refractivity contribution is 0.102. The zero-order valence-electron chi connectivity index (χ0n) is 20.8. The number of amides is 1. The first kappa shape index (κ1) is 28.3. The number of para-hydroxylation sites is 1. The van der Waals surface area contributed by atoms with Gasteiger partial charge in [0.25, 0.3) is 16.0 Å². The van der Waals surface area contributed by atoms with Gasteiger partial charge in [-0.1, -0.05) is 60.5 Å². The molecule has 0 fully saturated rings. The number of carbonyl (C=O) groups excluding carboxylic acids is 1. The molecule has 0 unspecified atom stereocenters. The highest BCUT2D eigenvalue weighted by molar-refractivity contribution is 7.86. The molecule has 0 bridgehead atoms. The lowest BCUT2D eigenvalue weighted by Gasteiger charge is -2.14. The van der Waals surface area contributed by atoms with Gasteiger partial charge in [-0.05, 0) is 54.6 Å². The van der Waals surface area contributed by atoms with Crippen LogP contribution < -0.4 is 10.1 Å². The molecule has 4 aromatic carbocycles. The van der Waals surface area contributed by atoms with Crippen LogP contribution in [0.1, 0.15) is 29.8 Å². The summed E-state index contributed by atoms with van der Waals surface area (Å²) in [4.78, 5) is 12.8. The fourth-order valence-electron chi connectivity index (χ4n) is 3.90. The number of benzene rings is 4. The number of aryl methyl sites for hydroxylation is 1. The molecule has 9 nitrogen and oxygen atoms in total. The average Bonchev–Trinajstić information content (AvgIpc) is 2.89. The van der Waals surface area contributed by atoms with Crippen LogP contribution in [0.15, 0.2) is 75.8 Å². The van der Waals surface area contributed by atoms with Gasteiger partial charge in [0, 0.05) is 5.39 Å². The van der Waals surface area contributed by atoms with Crippen molar-refractivity contribution in [3.8, 4) is 11.5 Å². The van der Waals surface area contributed by atoms with Crippen LogP contribution in [-0.2, 0) is 16.5 Å². The number of carbonyl (C=O) groups is 1. The Hall–Kier alpha value is -3.70. The molecule has 4 aromatic rings. The van der Waals surface area contributed by atoms with Crippen molar-refractivity contribution in [2.75, 3.05) is 11.9 Å².